The van der Waals surface area contributed by atoms with Crippen LogP contribution < -0.4 is 14.9 Å². The monoisotopic (exact) mass is 596 g/mol. The normalized spacial score (nSPS) is 10.8. The van der Waals surface area contributed by atoms with E-state index in [0.29, 0.717) is 32.5 Å². The Labute approximate surface area is 232 Å². The number of nitrogens with zero attached hydrogens (tertiary/aromatic N) is 1. The third-order valence-corrected chi connectivity index (χ3v) is 6.06. The van der Waals surface area contributed by atoms with E-state index in [0.717, 1.165) is 10.0 Å². The summed E-state index contributed by atoms with van der Waals surface area (Å²) in [5.74, 6) is -0.333. The molecule has 4 aromatic rings. The van der Waals surface area contributed by atoms with Crippen molar-refractivity contribution in [2.24, 2.45) is 5.10 Å². The summed E-state index contributed by atoms with van der Waals surface area (Å²) in [6, 6.07) is 25.5. The van der Waals surface area contributed by atoms with E-state index in [1.807, 2.05) is 12.1 Å². The number of carbonyl (C=O) groups is 2. The Morgan fingerprint density at radius 2 is 1.54 bits per heavy atom. The molecule has 4 aromatic carbocycles. The Morgan fingerprint density at radius 3 is 2.27 bits per heavy atom. The lowest BCUT2D eigenvalue weighted by atomic mass is 10.2. The van der Waals surface area contributed by atoms with Crippen LogP contribution in [0.5, 0.6) is 11.5 Å². The molecule has 0 heterocycles. The Morgan fingerprint density at radius 1 is 0.865 bits per heavy atom. The van der Waals surface area contributed by atoms with Crippen molar-refractivity contribution in [1.82, 2.24) is 5.43 Å². The molecule has 1 amide bonds. The standard InChI is InChI=1S/C28H19BrCl2N2O4/c29-21-9-14-25(37-28(35)19-7-12-23(31)13-8-19)20(15-21)16-32-33-27(34)24-3-1-2-4-26(24)36-17-18-5-10-22(30)11-6-18/h1-16H,17H2,(H,33,34)/b32-16+. The summed E-state index contributed by atoms with van der Waals surface area (Å²) in [6.45, 7) is 0.269. The second kappa shape index (κ2) is 12.5. The van der Waals surface area contributed by atoms with Gasteiger partial charge < -0.3 is 9.47 Å². The van der Waals surface area contributed by atoms with Crippen LogP contribution >= 0.6 is 39.1 Å². The summed E-state index contributed by atoms with van der Waals surface area (Å²) in [4.78, 5) is 25.4. The number of rotatable bonds is 8. The Bertz CT molecular complexity index is 1440. The van der Waals surface area contributed by atoms with Crippen molar-refractivity contribution in [2.45, 2.75) is 6.61 Å². The van der Waals surface area contributed by atoms with E-state index in [1.165, 1.54) is 6.21 Å². The lowest BCUT2D eigenvalue weighted by molar-refractivity contribution is 0.0734. The topological polar surface area (TPSA) is 77.0 Å². The summed E-state index contributed by atoms with van der Waals surface area (Å²) in [6.07, 6.45) is 1.39. The number of benzene rings is 4. The lowest BCUT2D eigenvalue weighted by Crippen LogP contribution is -2.19. The molecule has 0 aliphatic rings. The molecule has 9 heteroatoms. The van der Waals surface area contributed by atoms with E-state index in [9.17, 15) is 9.59 Å². The first-order valence-electron chi connectivity index (χ1n) is 11.0. The Kier molecular flexibility index (Phi) is 8.95. The molecule has 0 atom stereocenters. The molecule has 0 saturated heterocycles. The zero-order valence-corrected chi connectivity index (χ0v) is 22.3. The van der Waals surface area contributed by atoms with Gasteiger partial charge >= 0.3 is 5.97 Å². The fourth-order valence-electron chi connectivity index (χ4n) is 3.20. The van der Waals surface area contributed by atoms with Crippen LogP contribution in [0, 0.1) is 0 Å². The SMILES string of the molecule is O=C(Oc1ccc(Br)cc1/C=N/NC(=O)c1ccccc1OCc1ccc(Cl)cc1)c1ccc(Cl)cc1. The molecule has 0 spiro atoms. The molecular weight excluding hydrogens is 579 g/mol. The minimum absolute atomic E-state index is 0.269. The molecule has 6 nitrogen and oxygen atoms in total. The number of para-hydroxylation sites is 1. The van der Waals surface area contributed by atoms with Crippen molar-refractivity contribution < 1.29 is 19.1 Å². The number of ether oxygens (including phenoxy) is 2. The van der Waals surface area contributed by atoms with E-state index in [4.69, 9.17) is 32.7 Å². The Hall–Kier alpha value is -3.65. The number of hydrazone groups is 1. The third kappa shape index (κ3) is 7.43. The first-order valence-corrected chi connectivity index (χ1v) is 12.5. The lowest BCUT2D eigenvalue weighted by Gasteiger charge is -2.11. The maximum Gasteiger partial charge on any atom is 0.343 e. The molecule has 0 fully saturated rings. The van der Waals surface area contributed by atoms with E-state index >= 15 is 0 Å². The van der Waals surface area contributed by atoms with Gasteiger partial charge in [-0.1, -0.05) is 63.4 Å². The minimum atomic E-state index is -0.551. The van der Waals surface area contributed by atoms with Gasteiger partial charge in [0.15, 0.2) is 0 Å². The molecule has 0 radical (unpaired) electrons. The quantitative estimate of drug-likeness (QED) is 0.0999. The number of amides is 1. The highest BCUT2D eigenvalue weighted by molar-refractivity contribution is 9.10. The second-order valence-electron chi connectivity index (χ2n) is 7.69. The molecule has 0 saturated carbocycles. The van der Waals surface area contributed by atoms with Crippen LogP contribution in [0.4, 0.5) is 0 Å². The molecule has 37 heavy (non-hydrogen) atoms. The summed E-state index contributed by atoms with van der Waals surface area (Å²) in [5.41, 5.74) is 4.54. The molecule has 186 valence electrons. The van der Waals surface area contributed by atoms with Crippen LogP contribution in [0.1, 0.15) is 31.8 Å². The van der Waals surface area contributed by atoms with Gasteiger partial charge in [-0.25, -0.2) is 10.2 Å². The summed E-state index contributed by atoms with van der Waals surface area (Å²) >= 11 is 15.2. The number of carbonyl (C=O) groups excluding carboxylic acids is 2. The fraction of sp³-hybridized carbons (Fsp3) is 0.0357. The van der Waals surface area contributed by atoms with Gasteiger partial charge in [0.25, 0.3) is 5.91 Å². The van der Waals surface area contributed by atoms with Gasteiger partial charge in [-0.05, 0) is 72.3 Å². The number of hydrogen-bond acceptors (Lipinski definition) is 5. The second-order valence-corrected chi connectivity index (χ2v) is 9.48. The molecule has 0 aliphatic carbocycles. The highest BCUT2D eigenvalue weighted by Crippen LogP contribution is 2.24. The maximum atomic E-state index is 12.8. The summed E-state index contributed by atoms with van der Waals surface area (Å²) < 4.78 is 12.1. The summed E-state index contributed by atoms with van der Waals surface area (Å²) in [7, 11) is 0. The molecule has 0 bridgehead atoms. The fourth-order valence-corrected chi connectivity index (χ4v) is 3.83. The molecule has 0 aliphatic heterocycles. The van der Waals surface area contributed by atoms with Crippen LogP contribution in [0.25, 0.3) is 0 Å². The highest BCUT2D eigenvalue weighted by Gasteiger charge is 2.14. The minimum Gasteiger partial charge on any atom is -0.488 e. The van der Waals surface area contributed by atoms with Crippen LogP contribution in [0.15, 0.2) is 101 Å². The molecular formula is C28H19BrCl2N2O4. The van der Waals surface area contributed by atoms with Crippen molar-refractivity contribution >= 4 is 57.2 Å². The summed E-state index contributed by atoms with van der Waals surface area (Å²) in [5, 5.41) is 5.20. The molecule has 0 unspecified atom stereocenters. The predicted octanol–water partition coefficient (Wildman–Crippen LogP) is 7.32. The molecule has 4 rings (SSSR count). The van der Waals surface area contributed by atoms with Gasteiger partial charge in [0.2, 0.25) is 0 Å². The van der Waals surface area contributed by atoms with Crippen molar-refractivity contribution in [3.8, 4) is 11.5 Å². The van der Waals surface area contributed by atoms with Gasteiger partial charge in [0.1, 0.15) is 18.1 Å². The van der Waals surface area contributed by atoms with Crippen molar-refractivity contribution in [3.05, 3.63) is 128 Å². The largest absolute Gasteiger partial charge is 0.488 e. The van der Waals surface area contributed by atoms with Crippen molar-refractivity contribution in [1.29, 1.82) is 0 Å². The first kappa shape index (κ1) is 26.4. The zero-order valence-electron chi connectivity index (χ0n) is 19.2. The average Bonchev–Trinajstić information content (AvgIpc) is 2.90. The van der Waals surface area contributed by atoms with Crippen LogP contribution in [-0.2, 0) is 6.61 Å². The number of nitrogens with one attached hydrogen (secondary N) is 1. The van der Waals surface area contributed by atoms with Crippen molar-refractivity contribution in [3.63, 3.8) is 0 Å². The van der Waals surface area contributed by atoms with Gasteiger partial charge in [0.05, 0.1) is 17.3 Å². The highest BCUT2D eigenvalue weighted by atomic mass is 79.9. The van der Waals surface area contributed by atoms with Crippen LogP contribution in [0.3, 0.4) is 0 Å². The van der Waals surface area contributed by atoms with Gasteiger partial charge in [-0.2, -0.15) is 5.10 Å². The molecule has 0 aromatic heterocycles. The molecule has 1 N–H and O–H groups in total. The first-order chi connectivity index (χ1) is 17.9. The number of halogens is 3. The van der Waals surface area contributed by atoms with E-state index < -0.39 is 11.9 Å². The average molecular weight is 598 g/mol. The van der Waals surface area contributed by atoms with Gasteiger partial charge in [-0.3, -0.25) is 4.79 Å². The smallest absolute Gasteiger partial charge is 0.343 e. The van der Waals surface area contributed by atoms with Crippen molar-refractivity contribution in [2.75, 3.05) is 0 Å². The van der Waals surface area contributed by atoms with E-state index in [1.54, 1.807) is 78.9 Å². The maximum absolute atomic E-state index is 12.8. The third-order valence-electron chi connectivity index (χ3n) is 5.06. The van der Waals surface area contributed by atoms with E-state index in [2.05, 4.69) is 26.5 Å². The van der Waals surface area contributed by atoms with Gasteiger partial charge in [0, 0.05) is 20.1 Å². The number of hydrogen-bond donors (Lipinski definition) is 1. The number of esters is 1. The van der Waals surface area contributed by atoms with E-state index in [-0.39, 0.29) is 12.4 Å². The van der Waals surface area contributed by atoms with Crippen LogP contribution in [-0.4, -0.2) is 18.1 Å². The van der Waals surface area contributed by atoms with Crippen LogP contribution in [0.2, 0.25) is 10.0 Å². The Balaban J connectivity index is 1.44. The van der Waals surface area contributed by atoms with Gasteiger partial charge in [-0.15, -0.1) is 0 Å². The zero-order chi connectivity index (χ0) is 26.2. The predicted molar refractivity (Wildman–Crippen MR) is 148 cm³/mol.